The summed E-state index contributed by atoms with van der Waals surface area (Å²) < 4.78 is 5.46. The van der Waals surface area contributed by atoms with Crippen molar-refractivity contribution < 1.29 is 9.53 Å². The minimum atomic E-state index is -0.0151. The van der Waals surface area contributed by atoms with Crippen molar-refractivity contribution >= 4 is 12.0 Å². The van der Waals surface area contributed by atoms with Crippen LogP contribution in [0.25, 0.3) is 6.08 Å². The average Bonchev–Trinajstić information content (AvgIpc) is 2.77. The van der Waals surface area contributed by atoms with Crippen molar-refractivity contribution in [2.75, 3.05) is 13.2 Å². The summed E-state index contributed by atoms with van der Waals surface area (Å²) in [5, 5.41) is 0. The SMILES string of the molecule is CCOc1ccc(/C=C/C(=O)N(CCc2ccccn2)Cc2ccccc2)cc1. The third-order valence-corrected chi connectivity index (χ3v) is 4.50. The molecule has 0 N–H and O–H groups in total. The first-order valence-electron chi connectivity index (χ1n) is 9.88. The summed E-state index contributed by atoms with van der Waals surface area (Å²) in [5.74, 6) is 0.815. The number of ether oxygens (including phenoxy) is 1. The zero-order chi connectivity index (χ0) is 20.3. The van der Waals surface area contributed by atoms with Gasteiger partial charge in [0.15, 0.2) is 0 Å². The molecule has 0 atom stereocenters. The summed E-state index contributed by atoms with van der Waals surface area (Å²) in [7, 11) is 0. The number of hydrogen-bond acceptors (Lipinski definition) is 3. The van der Waals surface area contributed by atoms with Gasteiger partial charge in [0.05, 0.1) is 6.61 Å². The van der Waals surface area contributed by atoms with E-state index in [1.54, 1.807) is 12.3 Å². The van der Waals surface area contributed by atoms with Gasteiger partial charge in [-0.05, 0) is 48.4 Å². The summed E-state index contributed by atoms with van der Waals surface area (Å²) in [5.41, 5.74) is 3.05. The first-order chi connectivity index (χ1) is 14.2. The summed E-state index contributed by atoms with van der Waals surface area (Å²) in [6.07, 6.45) is 5.98. The molecule has 0 aliphatic carbocycles. The Morgan fingerprint density at radius 1 is 1.00 bits per heavy atom. The van der Waals surface area contributed by atoms with Crippen molar-refractivity contribution in [1.29, 1.82) is 0 Å². The van der Waals surface area contributed by atoms with Gasteiger partial charge in [-0.3, -0.25) is 9.78 Å². The number of amides is 1. The van der Waals surface area contributed by atoms with Crippen LogP contribution in [0.15, 0.2) is 85.1 Å². The largest absolute Gasteiger partial charge is 0.494 e. The molecule has 0 aliphatic heterocycles. The average molecular weight is 386 g/mol. The lowest BCUT2D eigenvalue weighted by Crippen LogP contribution is -2.31. The number of carbonyl (C=O) groups excluding carboxylic acids is 1. The van der Waals surface area contributed by atoms with Gasteiger partial charge in [0.25, 0.3) is 0 Å². The molecule has 1 aromatic heterocycles. The highest BCUT2D eigenvalue weighted by Crippen LogP contribution is 2.14. The van der Waals surface area contributed by atoms with E-state index in [0.29, 0.717) is 19.7 Å². The fraction of sp³-hybridized carbons (Fsp3) is 0.200. The van der Waals surface area contributed by atoms with Crippen molar-refractivity contribution in [1.82, 2.24) is 9.88 Å². The smallest absolute Gasteiger partial charge is 0.246 e. The number of carbonyl (C=O) groups is 1. The van der Waals surface area contributed by atoms with Crippen LogP contribution in [0.1, 0.15) is 23.7 Å². The maximum Gasteiger partial charge on any atom is 0.246 e. The normalized spacial score (nSPS) is 10.8. The van der Waals surface area contributed by atoms with Gasteiger partial charge >= 0.3 is 0 Å². The fourth-order valence-electron chi connectivity index (χ4n) is 2.98. The Hall–Kier alpha value is -3.40. The second-order valence-corrected chi connectivity index (χ2v) is 6.65. The Bertz CT molecular complexity index is 907. The van der Waals surface area contributed by atoms with Gasteiger partial charge in [-0.25, -0.2) is 0 Å². The highest BCUT2D eigenvalue weighted by molar-refractivity contribution is 5.91. The molecule has 0 spiro atoms. The molecule has 3 rings (SSSR count). The van der Waals surface area contributed by atoms with E-state index in [2.05, 4.69) is 4.98 Å². The van der Waals surface area contributed by atoms with Crippen molar-refractivity contribution in [2.24, 2.45) is 0 Å². The van der Waals surface area contributed by atoms with E-state index >= 15 is 0 Å². The maximum absolute atomic E-state index is 12.9. The minimum Gasteiger partial charge on any atom is -0.494 e. The lowest BCUT2D eigenvalue weighted by Gasteiger charge is -2.21. The molecule has 0 bridgehead atoms. The van der Waals surface area contributed by atoms with E-state index in [1.807, 2.05) is 90.7 Å². The molecule has 4 nitrogen and oxygen atoms in total. The van der Waals surface area contributed by atoms with Crippen LogP contribution in [0.5, 0.6) is 5.75 Å². The van der Waals surface area contributed by atoms with E-state index in [4.69, 9.17) is 4.74 Å². The number of rotatable bonds is 9. The van der Waals surface area contributed by atoms with Crippen LogP contribution in [0.2, 0.25) is 0 Å². The molecule has 2 aromatic carbocycles. The lowest BCUT2D eigenvalue weighted by atomic mass is 10.1. The third kappa shape index (κ3) is 6.61. The van der Waals surface area contributed by atoms with Crippen LogP contribution in [0, 0.1) is 0 Å². The van der Waals surface area contributed by atoms with E-state index < -0.39 is 0 Å². The Balaban J connectivity index is 1.68. The van der Waals surface area contributed by atoms with Gasteiger partial charge in [-0.2, -0.15) is 0 Å². The van der Waals surface area contributed by atoms with Gasteiger partial charge in [0.1, 0.15) is 5.75 Å². The number of nitrogens with zero attached hydrogens (tertiary/aromatic N) is 2. The van der Waals surface area contributed by atoms with Gasteiger partial charge in [0.2, 0.25) is 5.91 Å². The Labute approximate surface area is 172 Å². The highest BCUT2D eigenvalue weighted by Gasteiger charge is 2.12. The van der Waals surface area contributed by atoms with E-state index in [1.165, 1.54) is 0 Å². The molecule has 148 valence electrons. The monoisotopic (exact) mass is 386 g/mol. The summed E-state index contributed by atoms with van der Waals surface area (Å²) >= 11 is 0. The molecule has 3 aromatic rings. The second-order valence-electron chi connectivity index (χ2n) is 6.65. The molecule has 4 heteroatoms. The molecule has 0 unspecified atom stereocenters. The topological polar surface area (TPSA) is 42.4 Å². The molecule has 29 heavy (non-hydrogen) atoms. The predicted molar refractivity (Wildman–Crippen MR) is 116 cm³/mol. The minimum absolute atomic E-state index is 0.0151. The molecular formula is C25H26N2O2. The molecule has 1 heterocycles. The Morgan fingerprint density at radius 3 is 2.45 bits per heavy atom. The highest BCUT2D eigenvalue weighted by atomic mass is 16.5. The molecule has 0 radical (unpaired) electrons. The summed E-state index contributed by atoms with van der Waals surface area (Å²) in [4.78, 5) is 19.1. The lowest BCUT2D eigenvalue weighted by molar-refractivity contribution is -0.126. The zero-order valence-electron chi connectivity index (χ0n) is 16.7. The Morgan fingerprint density at radius 2 is 1.76 bits per heavy atom. The van der Waals surface area contributed by atoms with Crippen LogP contribution in [0.3, 0.4) is 0 Å². The summed E-state index contributed by atoms with van der Waals surface area (Å²) in [6.45, 7) is 3.77. The molecule has 0 aliphatic rings. The molecule has 1 amide bonds. The van der Waals surface area contributed by atoms with Crippen LogP contribution >= 0.6 is 0 Å². The molecule has 0 saturated heterocycles. The fourth-order valence-corrected chi connectivity index (χ4v) is 2.98. The van der Waals surface area contributed by atoms with E-state index in [0.717, 1.165) is 29.0 Å². The number of aromatic nitrogens is 1. The van der Waals surface area contributed by atoms with Crippen molar-refractivity contribution in [3.8, 4) is 5.75 Å². The molecular weight excluding hydrogens is 360 g/mol. The molecule has 0 fully saturated rings. The predicted octanol–water partition coefficient (Wildman–Crippen LogP) is 4.77. The zero-order valence-corrected chi connectivity index (χ0v) is 16.7. The van der Waals surface area contributed by atoms with Gasteiger partial charge in [0, 0.05) is 37.5 Å². The second kappa shape index (κ2) is 10.8. The van der Waals surface area contributed by atoms with Crippen molar-refractivity contribution in [2.45, 2.75) is 19.9 Å². The number of pyridine rings is 1. The van der Waals surface area contributed by atoms with Gasteiger partial charge < -0.3 is 9.64 Å². The Kier molecular flexibility index (Phi) is 7.58. The number of benzene rings is 2. The first-order valence-corrected chi connectivity index (χ1v) is 9.88. The quantitative estimate of drug-likeness (QED) is 0.498. The van der Waals surface area contributed by atoms with Crippen LogP contribution in [-0.4, -0.2) is 28.9 Å². The van der Waals surface area contributed by atoms with Gasteiger partial charge in [-0.15, -0.1) is 0 Å². The summed E-state index contributed by atoms with van der Waals surface area (Å²) in [6, 6.07) is 23.6. The van der Waals surface area contributed by atoms with Gasteiger partial charge in [-0.1, -0.05) is 48.5 Å². The van der Waals surface area contributed by atoms with Crippen molar-refractivity contribution in [3.63, 3.8) is 0 Å². The van der Waals surface area contributed by atoms with Crippen LogP contribution in [-0.2, 0) is 17.8 Å². The van der Waals surface area contributed by atoms with Crippen molar-refractivity contribution in [3.05, 3.63) is 102 Å². The van der Waals surface area contributed by atoms with E-state index in [-0.39, 0.29) is 5.91 Å². The standard InChI is InChI=1S/C25H26N2O2/c1-2-29-24-14-11-21(12-15-24)13-16-25(28)27(20-22-8-4-3-5-9-22)19-17-23-10-6-7-18-26-23/h3-16,18H,2,17,19-20H2,1H3/b16-13+. The number of hydrogen-bond donors (Lipinski definition) is 0. The van der Waals surface area contributed by atoms with E-state index in [9.17, 15) is 4.79 Å². The van der Waals surface area contributed by atoms with Crippen LogP contribution < -0.4 is 4.74 Å². The first kappa shape index (κ1) is 20.3. The molecule has 0 saturated carbocycles. The maximum atomic E-state index is 12.9. The van der Waals surface area contributed by atoms with Crippen LogP contribution in [0.4, 0.5) is 0 Å². The third-order valence-electron chi connectivity index (χ3n) is 4.50.